The summed E-state index contributed by atoms with van der Waals surface area (Å²) in [5, 5.41) is 52.0. The van der Waals surface area contributed by atoms with Crippen LogP contribution in [0.15, 0.2) is 108 Å². The fourth-order valence-corrected chi connectivity index (χ4v) is 13.2. The average Bonchev–Trinajstić information content (AvgIpc) is 1.60. The molecule has 3 aliphatic heterocycles. The molecule has 0 saturated heterocycles. The maximum atomic E-state index is 12.3. The van der Waals surface area contributed by atoms with Gasteiger partial charge in [-0.25, -0.2) is 19.2 Å². The lowest BCUT2D eigenvalue weighted by Gasteiger charge is -2.19. The van der Waals surface area contributed by atoms with E-state index < -0.39 is 29.5 Å². The number of aliphatic carboxylic acids is 1. The molecule has 16 N–H and O–H groups in total. The minimum absolute atomic E-state index is 0.00741. The van der Waals surface area contributed by atoms with E-state index in [0.29, 0.717) is 136 Å². The Morgan fingerprint density at radius 2 is 0.710 bits per heavy atom. The summed E-state index contributed by atoms with van der Waals surface area (Å²) in [4.78, 5) is 93.9. The van der Waals surface area contributed by atoms with Gasteiger partial charge in [0.05, 0.1) is 14.2 Å². The monoisotopic (exact) mass is 1730 g/mol. The fourth-order valence-electron chi connectivity index (χ4n) is 13.2. The van der Waals surface area contributed by atoms with E-state index in [4.69, 9.17) is 56.5 Å². The molecule has 3 aromatic carbocycles. The Hall–Kier alpha value is -10.3. The molecule has 124 heavy (non-hydrogen) atoms. The second-order valence-corrected chi connectivity index (χ2v) is 31.8. The summed E-state index contributed by atoms with van der Waals surface area (Å²) in [6.07, 6.45) is 54.5. The number of carboxylic acid groups (broad SMARTS) is 1. The van der Waals surface area contributed by atoms with E-state index in [2.05, 4.69) is 101 Å². The van der Waals surface area contributed by atoms with Gasteiger partial charge in [0.1, 0.15) is 70.9 Å². The summed E-state index contributed by atoms with van der Waals surface area (Å²) in [6.45, 7) is 27.1. The highest BCUT2D eigenvalue weighted by Gasteiger charge is 2.34. The van der Waals surface area contributed by atoms with E-state index in [-0.39, 0.29) is 84.0 Å². The summed E-state index contributed by atoms with van der Waals surface area (Å²) in [7, 11) is 3.09. The molecule has 3 aromatic rings. The number of methoxy groups -OCH3 is 2. The summed E-state index contributed by atoms with van der Waals surface area (Å²) in [6, 6.07) is 0. The number of unbranched alkanes of at least 4 members (excludes halogenated alkanes) is 8. The van der Waals surface area contributed by atoms with Crippen LogP contribution in [0.4, 0.5) is 4.79 Å². The molecule has 6 rings (SSSR count). The van der Waals surface area contributed by atoms with Crippen LogP contribution in [0.2, 0.25) is 0 Å². The normalized spacial score (nSPS) is 13.0. The Bertz CT molecular complexity index is 4120. The number of ether oxygens (including phenoxy) is 6. The van der Waals surface area contributed by atoms with Crippen LogP contribution in [-0.4, -0.2) is 140 Å². The van der Waals surface area contributed by atoms with Crippen molar-refractivity contribution < 1.29 is 87.2 Å². The molecular weight excluding hydrogens is 1580 g/mol. The number of hydrogen-bond acceptors (Lipinski definition) is 21. The first-order chi connectivity index (χ1) is 59.4. The van der Waals surface area contributed by atoms with Crippen molar-refractivity contribution in [1.82, 2.24) is 21.3 Å². The van der Waals surface area contributed by atoms with Crippen molar-refractivity contribution in [3.05, 3.63) is 180 Å². The number of nitrogens with two attached hydrogens (primary N) is 4. The van der Waals surface area contributed by atoms with Crippen LogP contribution in [0.3, 0.4) is 0 Å². The van der Waals surface area contributed by atoms with Crippen LogP contribution >= 0.6 is 0 Å². The van der Waals surface area contributed by atoms with Crippen LogP contribution in [0.1, 0.15) is 302 Å². The highest BCUT2D eigenvalue weighted by atomic mass is 16.6. The van der Waals surface area contributed by atoms with E-state index in [1.807, 2.05) is 87.5 Å². The van der Waals surface area contributed by atoms with Crippen LogP contribution < -0.4 is 53.7 Å². The van der Waals surface area contributed by atoms with E-state index in [0.717, 1.165) is 173 Å². The molecule has 0 aliphatic carbocycles. The SMILES string of the molecule is C/C(=C\Cc1c(C)c(C)c2c(c1O)C(=O)OC2)CCC(=O)O.CC(C)(C)OC(=O)NCCCCCN.CC/C=C\C/C=C\C/C=C\C/C=C\C/C=C\C/C=C\CCC(=O)NCCCCCNC(=O)CC/C(C)=C/Cc1c(O)c2c(c(C)c1OC)COC2=O.COc1c(C)c2c(c(O)c1C/C=C(\C)CCC(=O)NCCCCCN)C(=O)OC2.NCCCCCN. The molecule has 26 heteroatoms. The zero-order chi connectivity index (χ0) is 92.2. The number of nitrogens with one attached hydrogen (secondary N) is 4. The van der Waals surface area contributed by atoms with Gasteiger partial charge in [0.25, 0.3) is 0 Å². The van der Waals surface area contributed by atoms with Crippen LogP contribution in [0, 0.1) is 27.7 Å². The van der Waals surface area contributed by atoms with Gasteiger partial charge < -0.3 is 93.0 Å². The molecular formula is C98H150N8O18. The summed E-state index contributed by atoms with van der Waals surface area (Å²) in [5.74, 6) is -1.31. The number of alkyl carbamates (subject to hydrolysis) is 1. The zero-order valence-corrected chi connectivity index (χ0v) is 76.8. The second kappa shape index (κ2) is 64.5. The topological polar surface area (TPSA) is 425 Å². The van der Waals surface area contributed by atoms with Gasteiger partial charge in [-0.2, -0.15) is 0 Å². The number of phenols is 3. The summed E-state index contributed by atoms with van der Waals surface area (Å²) < 4.78 is 31.3. The van der Waals surface area contributed by atoms with Crippen molar-refractivity contribution in [2.24, 2.45) is 22.9 Å². The lowest BCUT2D eigenvalue weighted by molar-refractivity contribution is -0.137. The highest BCUT2D eigenvalue weighted by Crippen LogP contribution is 2.44. The molecule has 0 spiro atoms. The van der Waals surface area contributed by atoms with Crippen molar-refractivity contribution in [1.29, 1.82) is 0 Å². The maximum Gasteiger partial charge on any atom is 0.407 e. The predicted molar refractivity (Wildman–Crippen MR) is 494 cm³/mol. The van der Waals surface area contributed by atoms with Gasteiger partial charge in [0.2, 0.25) is 17.7 Å². The number of allylic oxidation sites excluding steroid dienone is 18. The highest BCUT2D eigenvalue weighted by molar-refractivity contribution is 5.99. The first-order valence-electron chi connectivity index (χ1n) is 44.2. The number of carbonyl (C=O) groups is 8. The molecule has 0 fully saturated rings. The minimum atomic E-state index is -0.831. The quantitative estimate of drug-likeness (QED) is 0.0108. The van der Waals surface area contributed by atoms with Crippen LogP contribution in [0.5, 0.6) is 28.7 Å². The Morgan fingerprint density at radius 3 is 1.06 bits per heavy atom. The van der Waals surface area contributed by atoms with Gasteiger partial charge in [0, 0.05) is 85.2 Å². The number of carbonyl (C=O) groups excluding carboxylic acids is 7. The Labute approximate surface area is 738 Å². The lowest BCUT2D eigenvalue weighted by Crippen LogP contribution is -2.33. The second-order valence-electron chi connectivity index (χ2n) is 31.8. The minimum Gasteiger partial charge on any atom is -0.507 e. The smallest absolute Gasteiger partial charge is 0.407 e. The molecule has 3 heterocycles. The number of fused-ring (bicyclic) bond motifs is 3. The fraction of sp³-hybridized carbons (Fsp3) is 0.551. The molecule has 0 saturated carbocycles. The van der Waals surface area contributed by atoms with Gasteiger partial charge in [-0.05, 0) is 259 Å². The number of aromatic hydroxyl groups is 3. The largest absolute Gasteiger partial charge is 0.507 e. The van der Waals surface area contributed by atoms with Crippen molar-refractivity contribution in [2.45, 2.75) is 288 Å². The van der Waals surface area contributed by atoms with Gasteiger partial charge in [-0.15, -0.1) is 0 Å². The number of esters is 3. The van der Waals surface area contributed by atoms with Crippen molar-refractivity contribution in [3.63, 3.8) is 0 Å². The maximum absolute atomic E-state index is 12.3. The third kappa shape index (κ3) is 43.9. The molecule has 26 nitrogen and oxygen atoms in total. The number of phenolic OH excluding ortho intramolecular Hbond substituents is 3. The van der Waals surface area contributed by atoms with Crippen molar-refractivity contribution in [2.75, 3.05) is 66.6 Å². The van der Waals surface area contributed by atoms with Gasteiger partial charge in [0.15, 0.2) is 0 Å². The Kier molecular flexibility index (Phi) is 57.1. The molecule has 4 amide bonds. The number of amides is 4. The molecule has 0 radical (unpaired) electrons. The first-order valence-corrected chi connectivity index (χ1v) is 44.2. The molecule has 3 aliphatic rings. The van der Waals surface area contributed by atoms with E-state index in [1.165, 1.54) is 6.42 Å². The molecule has 0 bridgehead atoms. The van der Waals surface area contributed by atoms with E-state index >= 15 is 0 Å². The van der Waals surface area contributed by atoms with Crippen LogP contribution in [-0.2, 0) is 77.2 Å². The zero-order valence-electron chi connectivity index (χ0n) is 76.8. The van der Waals surface area contributed by atoms with Crippen molar-refractivity contribution >= 4 is 47.7 Å². The van der Waals surface area contributed by atoms with Gasteiger partial charge in [-0.3, -0.25) is 19.2 Å². The van der Waals surface area contributed by atoms with Gasteiger partial charge in [-0.1, -0.05) is 134 Å². The lowest BCUT2D eigenvalue weighted by atomic mass is 9.91. The standard InChI is InChI=1S/C44H62N2O6.C22H32N2O5.C17H20O5.C10H22N2O2.C5H14N2/c1-5-6-7-8-9-10-11-12-13-14-15-16-17-18-19-20-21-22-24-27-39(47)45-32-25-23-26-33-46-40(48)31-29-35(2)28-30-37-42(49)41-38(34-52-44(41)50)36(3)43(37)51-4;1-14(8-10-18(25)24-12-6-4-5-11-23)7-9-16-20(26)19-17(13-29-22(19)27)15(2)21(16)28-3;1-9(5-7-14(18)19)4-6-12-10(2)11(3)13-8-22-17(21)15(13)16(12)20;1-10(2,3)14-9(13)12-8-6-4-5-7-11;6-4-2-1-3-5-7/h6-7,9-10,12-13,15-16,18-19,21-22,28,49H,5,8,11,14,17,20,23-27,29-34H2,1-4H3,(H,45,47)(H,46,48);7,26H,4-6,8-13,23H2,1-3H3,(H,24,25);4,20H,5-8H2,1-3H3,(H,18,19);4-8,11H2,1-3H3,(H,12,13);1-7H2/b7-6-,10-9-,13-12-,16-15-,19-18-,22-21-,35-28+;14-7+;9-4+;;. The number of cyclic esters (lactones) is 3. The predicted octanol–water partition coefficient (Wildman–Crippen LogP) is 17.2. The Morgan fingerprint density at radius 1 is 0.403 bits per heavy atom. The van der Waals surface area contributed by atoms with Gasteiger partial charge >= 0.3 is 30.0 Å². The average molecular weight is 1730 g/mol. The third-order valence-corrected chi connectivity index (χ3v) is 20.6. The van der Waals surface area contributed by atoms with E-state index in [9.17, 15) is 53.7 Å². The summed E-state index contributed by atoms with van der Waals surface area (Å²) in [5.41, 5.74) is 32.0. The first kappa shape index (κ1) is 110. The van der Waals surface area contributed by atoms with E-state index in [1.54, 1.807) is 14.2 Å². The molecule has 0 atom stereocenters. The molecule has 690 valence electrons. The molecule has 0 aromatic heterocycles. The third-order valence-electron chi connectivity index (χ3n) is 20.6. The van der Waals surface area contributed by atoms with Crippen LogP contribution in [0.25, 0.3) is 0 Å². The van der Waals surface area contributed by atoms with Crippen molar-refractivity contribution in [3.8, 4) is 28.7 Å². The number of benzene rings is 3. The Balaban J connectivity index is 0.000000603. The molecule has 0 unspecified atom stereocenters. The number of rotatable bonds is 51. The number of hydrogen-bond donors (Lipinski definition) is 12. The summed E-state index contributed by atoms with van der Waals surface area (Å²) >= 11 is 0. The number of carboxylic acids is 1.